The van der Waals surface area contributed by atoms with E-state index < -0.39 is 5.66 Å². The average Bonchev–Trinajstić information content (AvgIpc) is 3.32. The van der Waals surface area contributed by atoms with Crippen LogP contribution in [0.2, 0.25) is 5.02 Å². The van der Waals surface area contributed by atoms with Gasteiger partial charge < -0.3 is 20.3 Å². The van der Waals surface area contributed by atoms with Crippen molar-refractivity contribution in [1.82, 2.24) is 10.2 Å². The molecule has 146 valence electrons. The third-order valence-corrected chi connectivity index (χ3v) is 6.99. The van der Waals surface area contributed by atoms with Gasteiger partial charge in [-0.3, -0.25) is 9.59 Å². The molecule has 5 rings (SSSR count). The number of piperidine rings is 1. The lowest BCUT2D eigenvalue weighted by Crippen LogP contribution is -2.59. The topological polar surface area (TPSA) is 70.7 Å². The number of amides is 2. The van der Waals surface area contributed by atoms with Crippen molar-refractivity contribution in [3.63, 3.8) is 0 Å². The summed E-state index contributed by atoms with van der Waals surface area (Å²) in [4.78, 5) is 27.9. The Bertz CT molecular complexity index is 940. The van der Waals surface area contributed by atoms with Crippen molar-refractivity contribution in [3.05, 3.63) is 51.2 Å². The van der Waals surface area contributed by atoms with Gasteiger partial charge in [-0.05, 0) is 42.5 Å². The van der Waals surface area contributed by atoms with Crippen LogP contribution in [0.5, 0.6) is 0 Å². The first-order chi connectivity index (χ1) is 13.5. The smallest absolute Gasteiger partial charge is 0.263 e. The van der Waals surface area contributed by atoms with Crippen LogP contribution < -0.4 is 10.6 Å². The molecule has 8 heteroatoms. The Labute approximate surface area is 171 Å². The van der Waals surface area contributed by atoms with Gasteiger partial charge in [-0.1, -0.05) is 17.7 Å². The summed E-state index contributed by atoms with van der Waals surface area (Å²) in [7, 11) is 0. The van der Waals surface area contributed by atoms with E-state index in [0.29, 0.717) is 36.7 Å². The summed E-state index contributed by atoms with van der Waals surface area (Å²) in [6.07, 6.45) is 2.20. The molecule has 2 aromatic rings. The summed E-state index contributed by atoms with van der Waals surface area (Å²) in [6, 6.07) is 9.05. The molecule has 2 N–H and O–H groups in total. The number of likely N-dealkylation sites (tertiary alicyclic amines) is 1. The Morgan fingerprint density at radius 3 is 2.79 bits per heavy atom. The summed E-state index contributed by atoms with van der Waals surface area (Å²) in [5.41, 5.74) is 0.392. The number of carbonyl (C=O) groups is 2. The summed E-state index contributed by atoms with van der Waals surface area (Å²) < 4.78 is 6.24. The van der Waals surface area contributed by atoms with Crippen molar-refractivity contribution >= 4 is 40.4 Å². The molecular weight excluding hydrogens is 398 g/mol. The molecule has 1 aromatic carbocycles. The molecule has 2 saturated heterocycles. The van der Waals surface area contributed by atoms with Crippen molar-refractivity contribution in [2.45, 2.75) is 30.5 Å². The van der Waals surface area contributed by atoms with Crippen LogP contribution in [0.1, 0.15) is 39.3 Å². The summed E-state index contributed by atoms with van der Waals surface area (Å²) >= 11 is 7.49. The number of carbonyl (C=O) groups excluding carboxylic acids is 2. The largest absolute Gasteiger partial charge is 0.370 e. The lowest BCUT2D eigenvalue weighted by atomic mass is 9.84. The van der Waals surface area contributed by atoms with Gasteiger partial charge in [-0.25, -0.2) is 0 Å². The fourth-order valence-corrected chi connectivity index (χ4v) is 5.33. The first-order valence-electron chi connectivity index (χ1n) is 9.35. The minimum Gasteiger partial charge on any atom is -0.370 e. The predicted molar refractivity (Wildman–Crippen MR) is 108 cm³/mol. The van der Waals surface area contributed by atoms with Crippen molar-refractivity contribution < 1.29 is 14.3 Å². The number of anilines is 1. The number of hydrogen-bond acceptors (Lipinski definition) is 5. The normalized spacial score (nSPS) is 25.5. The van der Waals surface area contributed by atoms with Crippen molar-refractivity contribution in [3.8, 4) is 0 Å². The van der Waals surface area contributed by atoms with Crippen LogP contribution in [0.3, 0.4) is 0 Å². The van der Waals surface area contributed by atoms with Gasteiger partial charge in [-0.2, -0.15) is 0 Å². The average molecular weight is 418 g/mol. The second-order valence-corrected chi connectivity index (χ2v) is 9.15. The van der Waals surface area contributed by atoms with Gasteiger partial charge in [0.05, 0.1) is 22.6 Å². The predicted octanol–water partition coefficient (Wildman–Crippen LogP) is 3.35. The molecule has 1 aromatic heterocycles. The Balaban J connectivity index is 1.29. The lowest BCUT2D eigenvalue weighted by molar-refractivity contribution is -0.0392. The highest BCUT2D eigenvalue weighted by atomic mass is 35.5. The van der Waals surface area contributed by atoms with Gasteiger partial charge in [-0.15, -0.1) is 11.3 Å². The second-order valence-electron chi connectivity index (χ2n) is 7.77. The van der Waals surface area contributed by atoms with Crippen LogP contribution >= 0.6 is 22.9 Å². The van der Waals surface area contributed by atoms with E-state index in [9.17, 15) is 9.59 Å². The van der Waals surface area contributed by atoms with Gasteiger partial charge in [0.2, 0.25) is 0 Å². The van der Waals surface area contributed by atoms with Crippen molar-refractivity contribution in [2.75, 3.05) is 25.0 Å². The van der Waals surface area contributed by atoms with Crippen LogP contribution in [-0.2, 0) is 4.74 Å². The van der Waals surface area contributed by atoms with Gasteiger partial charge in [0.1, 0.15) is 5.66 Å². The van der Waals surface area contributed by atoms with Gasteiger partial charge in [0, 0.05) is 30.2 Å². The Morgan fingerprint density at radius 1 is 1.21 bits per heavy atom. The molecule has 2 spiro atoms. The fourth-order valence-electron chi connectivity index (χ4n) is 4.47. The van der Waals surface area contributed by atoms with E-state index in [1.807, 2.05) is 28.5 Å². The zero-order valence-electron chi connectivity index (χ0n) is 15.2. The number of ether oxygens (including phenoxy) is 1. The molecule has 0 bridgehead atoms. The summed E-state index contributed by atoms with van der Waals surface area (Å²) in [6.45, 7) is 1.72. The first kappa shape index (κ1) is 18.0. The zero-order valence-corrected chi connectivity index (χ0v) is 16.7. The highest BCUT2D eigenvalue weighted by molar-refractivity contribution is 7.12. The maximum Gasteiger partial charge on any atom is 0.263 e. The fraction of sp³-hybridized carbons (Fsp3) is 0.400. The van der Waals surface area contributed by atoms with E-state index in [1.54, 1.807) is 12.1 Å². The minimum absolute atomic E-state index is 0.0902. The third kappa shape index (κ3) is 2.98. The van der Waals surface area contributed by atoms with E-state index in [1.165, 1.54) is 11.3 Å². The van der Waals surface area contributed by atoms with Gasteiger partial charge in [0.15, 0.2) is 0 Å². The summed E-state index contributed by atoms with van der Waals surface area (Å²) in [5, 5.41) is 9.01. The molecule has 1 unspecified atom stereocenters. The third-order valence-electron chi connectivity index (χ3n) is 5.90. The number of nitrogens with one attached hydrogen (secondary N) is 2. The number of fused-ring (bicyclic) bond motifs is 1. The number of thiophene rings is 1. The van der Waals surface area contributed by atoms with E-state index in [0.717, 1.165) is 23.4 Å². The molecule has 0 radical (unpaired) electrons. The molecule has 1 atom stereocenters. The van der Waals surface area contributed by atoms with Gasteiger partial charge >= 0.3 is 0 Å². The molecule has 0 saturated carbocycles. The monoisotopic (exact) mass is 417 g/mol. The number of nitrogens with zero attached hydrogens (tertiary/aromatic N) is 1. The van der Waals surface area contributed by atoms with Crippen molar-refractivity contribution in [2.24, 2.45) is 0 Å². The number of rotatable bonds is 1. The first-order valence-corrected chi connectivity index (χ1v) is 10.6. The van der Waals surface area contributed by atoms with Crippen LogP contribution in [0.4, 0.5) is 5.69 Å². The van der Waals surface area contributed by atoms with E-state index in [4.69, 9.17) is 16.3 Å². The van der Waals surface area contributed by atoms with Crippen LogP contribution in [0, 0.1) is 0 Å². The second kappa shape index (κ2) is 6.47. The SMILES string of the molecule is O=C1NC2(COC3(CCN(C(=O)c4cccs4)CC3)C2)Nc2ccc(Cl)cc21. The molecular formula is C20H20ClN3O3S. The molecule has 6 nitrogen and oxygen atoms in total. The van der Waals surface area contributed by atoms with Crippen LogP contribution in [-0.4, -0.2) is 47.7 Å². The minimum atomic E-state index is -0.613. The highest BCUT2D eigenvalue weighted by Crippen LogP contribution is 2.43. The molecule has 2 amide bonds. The lowest BCUT2D eigenvalue weighted by Gasteiger charge is -2.41. The Hall–Kier alpha value is -2.09. The van der Waals surface area contributed by atoms with Crippen LogP contribution in [0.15, 0.2) is 35.7 Å². The van der Waals surface area contributed by atoms with E-state index in [2.05, 4.69) is 10.6 Å². The molecule has 4 heterocycles. The van der Waals surface area contributed by atoms with Gasteiger partial charge in [0.25, 0.3) is 11.8 Å². The summed E-state index contributed by atoms with van der Waals surface area (Å²) in [5.74, 6) is -0.0466. The van der Waals surface area contributed by atoms with Crippen LogP contribution in [0.25, 0.3) is 0 Å². The molecule has 0 aliphatic carbocycles. The standard InChI is InChI=1S/C20H20ClN3O3S/c21-13-3-4-15-14(10-13)17(25)23-20(22-15)11-19(27-12-20)5-7-24(8-6-19)18(26)16-2-1-9-28-16/h1-4,9-10,22H,5-8,11-12H2,(H,23,25). The Kier molecular flexibility index (Phi) is 4.15. The number of halogens is 1. The van der Waals surface area contributed by atoms with E-state index in [-0.39, 0.29) is 17.4 Å². The number of hydrogen-bond donors (Lipinski definition) is 2. The zero-order chi connectivity index (χ0) is 19.4. The molecule has 28 heavy (non-hydrogen) atoms. The van der Waals surface area contributed by atoms with E-state index >= 15 is 0 Å². The Morgan fingerprint density at radius 2 is 2.04 bits per heavy atom. The quantitative estimate of drug-likeness (QED) is 0.746. The maximum atomic E-state index is 12.6. The molecule has 3 aliphatic heterocycles. The van der Waals surface area contributed by atoms with Crippen molar-refractivity contribution in [1.29, 1.82) is 0 Å². The highest BCUT2D eigenvalue weighted by Gasteiger charge is 2.53. The molecule has 2 fully saturated rings. The maximum absolute atomic E-state index is 12.6. The molecule has 3 aliphatic rings. The number of benzene rings is 1.